The molecule has 0 aromatic rings. The second-order valence-corrected chi connectivity index (χ2v) is 8.25. The number of carbonyl (C=O) groups is 1. The first-order valence-corrected chi connectivity index (χ1v) is 10.4. The van der Waals surface area contributed by atoms with Crippen molar-refractivity contribution in [3.05, 3.63) is 0 Å². The zero-order valence-electron chi connectivity index (χ0n) is 16.2. The topological polar surface area (TPSA) is 47.9 Å². The lowest BCUT2D eigenvalue weighted by atomic mass is 9.73. The predicted molar refractivity (Wildman–Crippen MR) is 103 cm³/mol. The first-order valence-electron chi connectivity index (χ1n) is 10.4. The molecule has 2 aliphatic heterocycles. The van der Waals surface area contributed by atoms with Crippen molar-refractivity contribution < 1.29 is 4.79 Å². The van der Waals surface area contributed by atoms with Crippen LogP contribution < -0.4 is 5.32 Å². The Morgan fingerprint density at radius 1 is 1.20 bits per heavy atom. The standard InChI is InChI=1S/C20H36N4O/c1-3-17(24-14-7-8-18(24)25)9-13-22-19(21-2)23-15-12-20(16-23)10-5-4-6-11-20/h17H,3-16H2,1-2H3,(H,21,22). The summed E-state index contributed by atoms with van der Waals surface area (Å²) in [7, 11) is 1.90. The fourth-order valence-electron chi connectivity index (χ4n) is 5.14. The maximum atomic E-state index is 12.0. The van der Waals surface area contributed by atoms with Gasteiger partial charge >= 0.3 is 0 Å². The molecular weight excluding hydrogens is 312 g/mol. The van der Waals surface area contributed by atoms with Crippen molar-refractivity contribution in [1.29, 1.82) is 0 Å². The zero-order chi connectivity index (χ0) is 17.7. The van der Waals surface area contributed by atoms with E-state index in [1.54, 1.807) is 0 Å². The number of nitrogens with one attached hydrogen (secondary N) is 1. The van der Waals surface area contributed by atoms with E-state index < -0.39 is 0 Å². The summed E-state index contributed by atoms with van der Waals surface area (Å²) in [5.74, 6) is 1.40. The van der Waals surface area contributed by atoms with E-state index in [1.807, 2.05) is 7.05 Å². The van der Waals surface area contributed by atoms with Crippen LogP contribution in [0.3, 0.4) is 0 Å². The highest BCUT2D eigenvalue weighted by Gasteiger charge is 2.39. The van der Waals surface area contributed by atoms with Gasteiger partial charge in [0, 0.05) is 45.7 Å². The monoisotopic (exact) mass is 348 g/mol. The number of amides is 1. The van der Waals surface area contributed by atoms with E-state index in [4.69, 9.17) is 0 Å². The zero-order valence-corrected chi connectivity index (χ0v) is 16.2. The van der Waals surface area contributed by atoms with Crippen LogP contribution in [0.1, 0.15) is 71.1 Å². The van der Waals surface area contributed by atoms with Crippen LogP contribution in [0.5, 0.6) is 0 Å². The molecule has 2 heterocycles. The highest BCUT2D eigenvalue weighted by atomic mass is 16.2. The molecule has 1 spiro atoms. The second-order valence-electron chi connectivity index (χ2n) is 8.25. The Labute approximate surface area is 153 Å². The maximum Gasteiger partial charge on any atom is 0.222 e. The van der Waals surface area contributed by atoms with Crippen LogP contribution in [0.25, 0.3) is 0 Å². The summed E-state index contributed by atoms with van der Waals surface area (Å²) in [5, 5.41) is 3.57. The van der Waals surface area contributed by atoms with E-state index in [0.717, 1.165) is 51.3 Å². The molecule has 5 heteroatoms. The molecule has 5 nitrogen and oxygen atoms in total. The fraction of sp³-hybridized carbons (Fsp3) is 0.900. The van der Waals surface area contributed by atoms with Crippen LogP contribution in [-0.4, -0.2) is 60.9 Å². The molecule has 1 atom stereocenters. The van der Waals surface area contributed by atoms with E-state index in [0.29, 0.717) is 17.4 Å². The van der Waals surface area contributed by atoms with Crippen molar-refractivity contribution in [2.24, 2.45) is 10.4 Å². The van der Waals surface area contributed by atoms with Crippen LogP contribution in [0.4, 0.5) is 0 Å². The molecular formula is C20H36N4O. The Morgan fingerprint density at radius 3 is 2.64 bits per heavy atom. The van der Waals surface area contributed by atoms with Crippen molar-refractivity contribution in [3.63, 3.8) is 0 Å². The summed E-state index contributed by atoms with van der Waals surface area (Å²) in [6.45, 7) is 6.35. The number of likely N-dealkylation sites (tertiary alicyclic amines) is 2. The van der Waals surface area contributed by atoms with Gasteiger partial charge in [-0.25, -0.2) is 0 Å². The van der Waals surface area contributed by atoms with Gasteiger partial charge in [-0.1, -0.05) is 26.2 Å². The van der Waals surface area contributed by atoms with Gasteiger partial charge in [-0.3, -0.25) is 9.79 Å². The van der Waals surface area contributed by atoms with Crippen LogP contribution >= 0.6 is 0 Å². The van der Waals surface area contributed by atoms with Gasteiger partial charge in [0.25, 0.3) is 0 Å². The van der Waals surface area contributed by atoms with E-state index >= 15 is 0 Å². The minimum absolute atomic E-state index is 0.343. The van der Waals surface area contributed by atoms with Gasteiger partial charge in [0.05, 0.1) is 0 Å². The van der Waals surface area contributed by atoms with Crippen LogP contribution in [0.15, 0.2) is 4.99 Å². The van der Waals surface area contributed by atoms with E-state index in [-0.39, 0.29) is 0 Å². The minimum Gasteiger partial charge on any atom is -0.356 e. The fourth-order valence-corrected chi connectivity index (χ4v) is 5.14. The Bertz CT molecular complexity index is 484. The summed E-state index contributed by atoms with van der Waals surface area (Å²) in [5.41, 5.74) is 0.559. The van der Waals surface area contributed by atoms with Crippen molar-refractivity contribution >= 4 is 11.9 Å². The molecule has 0 bridgehead atoms. The molecule has 0 aromatic heterocycles. The van der Waals surface area contributed by atoms with Gasteiger partial charge in [-0.05, 0) is 43.9 Å². The third-order valence-corrected chi connectivity index (χ3v) is 6.65. The highest BCUT2D eigenvalue weighted by molar-refractivity contribution is 5.80. The third-order valence-electron chi connectivity index (χ3n) is 6.65. The van der Waals surface area contributed by atoms with Crippen LogP contribution in [-0.2, 0) is 4.79 Å². The molecule has 1 saturated carbocycles. The predicted octanol–water partition coefficient (Wildman–Crippen LogP) is 3.01. The summed E-state index contributed by atoms with van der Waals surface area (Å²) in [6.07, 6.45) is 12.2. The number of nitrogens with zero attached hydrogens (tertiary/aromatic N) is 3. The van der Waals surface area contributed by atoms with E-state index in [2.05, 4.69) is 27.0 Å². The van der Waals surface area contributed by atoms with Gasteiger partial charge in [-0.2, -0.15) is 0 Å². The molecule has 1 amide bonds. The number of hydrogen-bond donors (Lipinski definition) is 1. The van der Waals surface area contributed by atoms with Crippen molar-refractivity contribution in [2.75, 3.05) is 33.2 Å². The summed E-state index contributed by atoms with van der Waals surface area (Å²) < 4.78 is 0. The lowest BCUT2D eigenvalue weighted by Gasteiger charge is -2.34. The number of aliphatic imine (C=N–C) groups is 1. The largest absolute Gasteiger partial charge is 0.356 e. The first-order chi connectivity index (χ1) is 12.2. The Kier molecular flexibility index (Phi) is 6.24. The van der Waals surface area contributed by atoms with Gasteiger partial charge in [0.2, 0.25) is 5.91 Å². The molecule has 3 fully saturated rings. The number of guanidine groups is 1. The van der Waals surface area contributed by atoms with Gasteiger partial charge in [-0.15, -0.1) is 0 Å². The molecule has 1 aliphatic carbocycles. The average molecular weight is 349 g/mol. The van der Waals surface area contributed by atoms with Crippen molar-refractivity contribution in [1.82, 2.24) is 15.1 Å². The first kappa shape index (κ1) is 18.5. The Balaban J connectivity index is 1.47. The summed E-state index contributed by atoms with van der Waals surface area (Å²) in [6, 6.07) is 0.379. The minimum atomic E-state index is 0.343. The number of carbonyl (C=O) groups excluding carboxylic acids is 1. The summed E-state index contributed by atoms with van der Waals surface area (Å²) in [4.78, 5) is 21.1. The summed E-state index contributed by atoms with van der Waals surface area (Å²) >= 11 is 0. The smallest absolute Gasteiger partial charge is 0.222 e. The lowest BCUT2D eigenvalue weighted by molar-refractivity contribution is -0.129. The van der Waals surface area contributed by atoms with Gasteiger partial charge in [0.1, 0.15) is 0 Å². The van der Waals surface area contributed by atoms with Crippen molar-refractivity contribution in [3.8, 4) is 0 Å². The van der Waals surface area contributed by atoms with Crippen LogP contribution in [0, 0.1) is 5.41 Å². The number of rotatable bonds is 5. The highest BCUT2D eigenvalue weighted by Crippen LogP contribution is 2.43. The molecule has 0 radical (unpaired) electrons. The van der Waals surface area contributed by atoms with Crippen LogP contribution in [0.2, 0.25) is 0 Å². The lowest BCUT2D eigenvalue weighted by Crippen LogP contribution is -2.44. The molecule has 3 aliphatic rings. The molecule has 3 rings (SSSR count). The molecule has 25 heavy (non-hydrogen) atoms. The maximum absolute atomic E-state index is 12.0. The Morgan fingerprint density at radius 2 is 2.00 bits per heavy atom. The Hall–Kier alpha value is -1.26. The third kappa shape index (κ3) is 4.29. The quantitative estimate of drug-likeness (QED) is 0.614. The van der Waals surface area contributed by atoms with E-state index in [9.17, 15) is 4.79 Å². The SMILES string of the molecule is CCC(CCNC(=NC)N1CCC2(CCCCC2)C1)N1CCCC1=O. The van der Waals surface area contributed by atoms with Crippen molar-refractivity contribution in [2.45, 2.75) is 77.2 Å². The number of hydrogen-bond acceptors (Lipinski definition) is 2. The molecule has 1 N–H and O–H groups in total. The molecule has 142 valence electrons. The van der Waals surface area contributed by atoms with Gasteiger partial charge < -0.3 is 15.1 Å². The molecule has 2 saturated heterocycles. The average Bonchev–Trinajstić information content (AvgIpc) is 3.23. The van der Waals surface area contributed by atoms with Gasteiger partial charge in [0.15, 0.2) is 5.96 Å². The van der Waals surface area contributed by atoms with E-state index in [1.165, 1.54) is 45.1 Å². The second kappa shape index (κ2) is 8.41. The molecule has 1 unspecified atom stereocenters. The molecule has 0 aromatic carbocycles. The normalized spacial score (nSPS) is 25.0.